The van der Waals surface area contributed by atoms with Crippen molar-refractivity contribution in [1.82, 2.24) is 9.88 Å². The first-order valence-electron chi connectivity index (χ1n) is 7.98. The van der Waals surface area contributed by atoms with Crippen LogP contribution in [0.1, 0.15) is 10.5 Å². The number of aromatic amines is 1. The zero-order valence-electron chi connectivity index (χ0n) is 12.9. The maximum Gasteiger partial charge on any atom is 0.270 e. The van der Waals surface area contributed by atoms with E-state index in [2.05, 4.69) is 34.1 Å². The van der Waals surface area contributed by atoms with Crippen LogP contribution in [0.5, 0.6) is 0 Å². The molecule has 1 aliphatic rings. The zero-order valence-corrected chi connectivity index (χ0v) is 12.9. The molecule has 0 aliphatic carbocycles. The van der Waals surface area contributed by atoms with E-state index in [-0.39, 0.29) is 5.91 Å². The molecule has 1 fully saturated rings. The number of anilines is 1. The first-order chi connectivity index (χ1) is 11.3. The average Bonchev–Trinajstić information content (AvgIpc) is 3.06. The summed E-state index contributed by atoms with van der Waals surface area (Å²) >= 11 is 0. The number of amides is 1. The Balaban J connectivity index is 1.46. The van der Waals surface area contributed by atoms with Crippen LogP contribution in [0.3, 0.4) is 0 Å². The van der Waals surface area contributed by atoms with Gasteiger partial charge in [0.25, 0.3) is 5.91 Å². The van der Waals surface area contributed by atoms with E-state index in [9.17, 15) is 4.79 Å². The molecule has 116 valence electrons. The van der Waals surface area contributed by atoms with Gasteiger partial charge in [-0.05, 0) is 24.3 Å². The third-order valence-electron chi connectivity index (χ3n) is 4.45. The minimum absolute atomic E-state index is 0.0916. The number of aromatic nitrogens is 1. The molecule has 0 saturated carbocycles. The van der Waals surface area contributed by atoms with E-state index >= 15 is 0 Å². The van der Waals surface area contributed by atoms with Crippen LogP contribution in [-0.4, -0.2) is 42.0 Å². The molecule has 0 radical (unpaired) electrons. The number of rotatable bonds is 2. The minimum Gasteiger partial charge on any atom is -0.368 e. The number of carbonyl (C=O) groups excluding carboxylic acids is 1. The van der Waals surface area contributed by atoms with Crippen molar-refractivity contribution in [3.63, 3.8) is 0 Å². The Morgan fingerprint density at radius 3 is 2.30 bits per heavy atom. The molecule has 4 rings (SSSR count). The fourth-order valence-electron chi connectivity index (χ4n) is 3.17. The first-order valence-corrected chi connectivity index (χ1v) is 7.98. The molecule has 1 amide bonds. The Kier molecular flexibility index (Phi) is 3.50. The summed E-state index contributed by atoms with van der Waals surface area (Å²) in [6.45, 7) is 3.25. The number of benzene rings is 2. The highest BCUT2D eigenvalue weighted by Crippen LogP contribution is 2.19. The summed E-state index contributed by atoms with van der Waals surface area (Å²) in [6.07, 6.45) is 0. The fraction of sp³-hybridized carbons (Fsp3) is 0.211. The van der Waals surface area contributed by atoms with Crippen molar-refractivity contribution in [2.45, 2.75) is 0 Å². The molecule has 2 heterocycles. The van der Waals surface area contributed by atoms with Crippen LogP contribution in [0.25, 0.3) is 10.9 Å². The number of H-pyrrole nitrogens is 1. The van der Waals surface area contributed by atoms with Crippen LogP contribution in [0, 0.1) is 0 Å². The highest BCUT2D eigenvalue weighted by Gasteiger charge is 2.23. The van der Waals surface area contributed by atoms with Gasteiger partial charge in [0.2, 0.25) is 0 Å². The molecule has 1 saturated heterocycles. The maximum atomic E-state index is 12.7. The van der Waals surface area contributed by atoms with Gasteiger partial charge in [0, 0.05) is 42.8 Å². The van der Waals surface area contributed by atoms with Gasteiger partial charge in [0.15, 0.2) is 0 Å². The zero-order chi connectivity index (χ0) is 15.6. The molecule has 0 bridgehead atoms. The first kappa shape index (κ1) is 13.9. The lowest BCUT2D eigenvalue weighted by atomic mass is 10.2. The van der Waals surface area contributed by atoms with Gasteiger partial charge >= 0.3 is 0 Å². The second-order valence-corrected chi connectivity index (χ2v) is 5.89. The normalized spacial score (nSPS) is 15.1. The van der Waals surface area contributed by atoms with Crippen molar-refractivity contribution in [3.05, 3.63) is 66.4 Å². The molecule has 1 N–H and O–H groups in total. The maximum absolute atomic E-state index is 12.7. The van der Waals surface area contributed by atoms with Crippen molar-refractivity contribution in [3.8, 4) is 0 Å². The lowest BCUT2D eigenvalue weighted by Gasteiger charge is -2.36. The second-order valence-electron chi connectivity index (χ2n) is 5.89. The number of piperazine rings is 1. The Bertz CT molecular complexity index is 784. The highest BCUT2D eigenvalue weighted by atomic mass is 16.2. The fourth-order valence-corrected chi connectivity index (χ4v) is 3.17. The summed E-state index contributed by atoms with van der Waals surface area (Å²) in [4.78, 5) is 20.2. The Labute approximate surface area is 135 Å². The summed E-state index contributed by atoms with van der Waals surface area (Å²) in [6, 6.07) is 20.3. The third-order valence-corrected chi connectivity index (χ3v) is 4.45. The summed E-state index contributed by atoms with van der Waals surface area (Å²) in [5.74, 6) is 0.0916. The summed E-state index contributed by atoms with van der Waals surface area (Å²) in [5.41, 5.74) is 2.92. The topological polar surface area (TPSA) is 39.3 Å². The van der Waals surface area contributed by atoms with Crippen molar-refractivity contribution in [2.75, 3.05) is 31.1 Å². The van der Waals surface area contributed by atoms with Crippen LogP contribution < -0.4 is 4.90 Å². The van der Waals surface area contributed by atoms with Gasteiger partial charge in [-0.1, -0.05) is 36.4 Å². The molecule has 0 unspecified atom stereocenters. The molecule has 0 atom stereocenters. The number of fused-ring (bicyclic) bond motifs is 1. The number of hydrogen-bond donors (Lipinski definition) is 1. The Morgan fingerprint density at radius 2 is 1.57 bits per heavy atom. The van der Waals surface area contributed by atoms with Gasteiger partial charge in [-0.15, -0.1) is 0 Å². The lowest BCUT2D eigenvalue weighted by molar-refractivity contribution is 0.0742. The van der Waals surface area contributed by atoms with Gasteiger partial charge < -0.3 is 14.8 Å². The van der Waals surface area contributed by atoms with Crippen molar-refractivity contribution >= 4 is 22.5 Å². The average molecular weight is 305 g/mol. The molecule has 2 aromatic carbocycles. The van der Waals surface area contributed by atoms with Gasteiger partial charge in [-0.25, -0.2) is 0 Å². The predicted octanol–water partition coefficient (Wildman–Crippen LogP) is 3.13. The van der Waals surface area contributed by atoms with Crippen molar-refractivity contribution in [2.24, 2.45) is 0 Å². The molecular formula is C19H19N3O. The highest BCUT2D eigenvalue weighted by molar-refractivity contribution is 5.98. The van der Waals surface area contributed by atoms with E-state index in [1.54, 1.807) is 0 Å². The summed E-state index contributed by atoms with van der Waals surface area (Å²) < 4.78 is 0. The quantitative estimate of drug-likeness (QED) is 0.790. The van der Waals surface area contributed by atoms with Gasteiger partial charge in [-0.3, -0.25) is 4.79 Å². The Morgan fingerprint density at radius 1 is 0.870 bits per heavy atom. The van der Waals surface area contributed by atoms with E-state index in [0.717, 1.165) is 37.1 Å². The van der Waals surface area contributed by atoms with E-state index in [1.165, 1.54) is 5.69 Å². The predicted molar refractivity (Wildman–Crippen MR) is 92.9 cm³/mol. The van der Waals surface area contributed by atoms with E-state index in [4.69, 9.17) is 0 Å². The van der Waals surface area contributed by atoms with Gasteiger partial charge in [0.1, 0.15) is 5.69 Å². The second kappa shape index (κ2) is 5.80. The molecule has 1 aliphatic heterocycles. The van der Waals surface area contributed by atoms with Crippen LogP contribution >= 0.6 is 0 Å². The molecular weight excluding hydrogens is 286 g/mol. The lowest BCUT2D eigenvalue weighted by Crippen LogP contribution is -2.48. The molecule has 0 spiro atoms. The molecule has 4 heteroatoms. The van der Waals surface area contributed by atoms with E-state index in [1.807, 2.05) is 41.3 Å². The summed E-state index contributed by atoms with van der Waals surface area (Å²) in [5, 5.41) is 1.08. The largest absolute Gasteiger partial charge is 0.368 e. The minimum atomic E-state index is 0.0916. The van der Waals surface area contributed by atoms with E-state index < -0.39 is 0 Å². The SMILES string of the molecule is O=C(c1cc2ccccc2[nH]1)N1CCN(c2ccccc2)CC1. The number of nitrogens with one attached hydrogen (secondary N) is 1. The number of carbonyl (C=O) groups is 1. The van der Waals surface area contributed by atoms with Crippen LogP contribution in [0.4, 0.5) is 5.69 Å². The van der Waals surface area contributed by atoms with Gasteiger partial charge in [0.05, 0.1) is 0 Å². The molecule has 3 aromatic rings. The monoisotopic (exact) mass is 305 g/mol. The van der Waals surface area contributed by atoms with E-state index in [0.29, 0.717) is 5.69 Å². The third kappa shape index (κ3) is 2.68. The number of nitrogens with zero attached hydrogens (tertiary/aromatic N) is 2. The summed E-state index contributed by atoms with van der Waals surface area (Å²) in [7, 11) is 0. The number of para-hydroxylation sites is 2. The Hall–Kier alpha value is -2.75. The molecule has 4 nitrogen and oxygen atoms in total. The smallest absolute Gasteiger partial charge is 0.270 e. The van der Waals surface area contributed by atoms with Crippen LogP contribution in [0.15, 0.2) is 60.7 Å². The van der Waals surface area contributed by atoms with Gasteiger partial charge in [-0.2, -0.15) is 0 Å². The van der Waals surface area contributed by atoms with Crippen molar-refractivity contribution in [1.29, 1.82) is 0 Å². The molecule has 23 heavy (non-hydrogen) atoms. The number of hydrogen-bond acceptors (Lipinski definition) is 2. The van der Waals surface area contributed by atoms with Crippen LogP contribution in [0.2, 0.25) is 0 Å². The molecule has 1 aromatic heterocycles. The van der Waals surface area contributed by atoms with Crippen molar-refractivity contribution < 1.29 is 4.79 Å². The van der Waals surface area contributed by atoms with Crippen LogP contribution in [-0.2, 0) is 0 Å². The standard InChI is InChI=1S/C19H19N3O/c23-19(18-14-15-6-4-5-9-17(15)20-18)22-12-10-21(11-13-22)16-7-2-1-3-8-16/h1-9,14,20H,10-13H2.